The lowest BCUT2D eigenvalue weighted by Crippen LogP contribution is -2.58. The van der Waals surface area contributed by atoms with Gasteiger partial charge in [0.15, 0.2) is 5.78 Å². The van der Waals surface area contributed by atoms with E-state index < -0.39 is 29.9 Å². The van der Waals surface area contributed by atoms with Crippen molar-refractivity contribution in [3.8, 4) is 0 Å². The predicted octanol–water partition coefficient (Wildman–Crippen LogP) is 6.70. The summed E-state index contributed by atoms with van der Waals surface area (Å²) in [6.07, 6.45) is -2.14. The summed E-state index contributed by atoms with van der Waals surface area (Å²) in [5.74, 6) is 0.0212. The second-order valence-electron chi connectivity index (χ2n) is 9.81. The van der Waals surface area contributed by atoms with Gasteiger partial charge in [-0.2, -0.15) is 0 Å². The van der Waals surface area contributed by atoms with Crippen LogP contribution in [0, 0.1) is 0 Å². The van der Waals surface area contributed by atoms with Crippen LogP contribution < -0.4 is 0 Å². The van der Waals surface area contributed by atoms with Crippen LogP contribution in [0.4, 0.5) is 0 Å². The van der Waals surface area contributed by atoms with Crippen molar-refractivity contribution in [1.29, 1.82) is 0 Å². The number of aliphatic hydroxyl groups excluding tert-OH is 1. The Hall–Kier alpha value is -3.26. The van der Waals surface area contributed by atoms with Gasteiger partial charge in [-0.25, -0.2) is 0 Å². The first-order valence-electron chi connectivity index (χ1n) is 13.6. The maximum atomic E-state index is 12.9. The maximum Gasteiger partial charge on any atom is 0.162 e. The summed E-state index contributed by atoms with van der Waals surface area (Å²) >= 11 is 1.55. The number of thioether (sulfide) groups is 1. The molecule has 1 saturated heterocycles. The highest BCUT2D eigenvalue weighted by atomic mass is 32.2. The van der Waals surface area contributed by atoms with Crippen LogP contribution >= 0.6 is 11.8 Å². The topological polar surface area (TPSA) is 65.0 Å². The molecule has 0 spiro atoms. The normalized spacial score (nSPS) is 22.6. The van der Waals surface area contributed by atoms with E-state index in [9.17, 15) is 9.90 Å². The van der Waals surface area contributed by atoms with Crippen molar-refractivity contribution >= 4 is 17.5 Å². The van der Waals surface area contributed by atoms with Gasteiger partial charge in [-0.15, -0.1) is 0 Å². The molecule has 1 fully saturated rings. The molecule has 1 aliphatic rings. The summed E-state index contributed by atoms with van der Waals surface area (Å²) < 4.78 is 19.4. The number of hydrogen-bond donors (Lipinski definition) is 1. The molecule has 6 heteroatoms. The largest absolute Gasteiger partial charge is 0.388 e. The Labute approximate surface area is 240 Å². The van der Waals surface area contributed by atoms with E-state index in [1.165, 1.54) is 0 Å². The Morgan fingerprint density at radius 3 is 1.77 bits per heavy atom. The number of carbonyl (C=O) groups excluding carboxylic acids is 1. The maximum absolute atomic E-state index is 12.9. The highest BCUT2D eigenvalue weighted by molar-refractivity contribution is 7.99. The van der Waals surface area contributed by atoms with Gasteiger partial charge in [-0.05, 0) is 29.7 Å². The SMILES string of the molecule is O=C(CC[C@H]1O[C@H](Sc2ccccc2)[C@@H](OCc2ccccc2)[C@@H](OCc2ccccc2)[C@@H]1O)c1ccccc1. The summed E-state index contributed by atoms with van der Waals surface area (Å²) in [6.45, 7) is 0.682. The number of aliphatic hydroxyl groups is 1. The van der Waals surface area contributed by atoms with Crippen LogP contribution in [0.5, 0.6) is 0 Å². The number of Topliss-reactive ketones (excluding diaryl/α,β-unsaturated/α-hetero) is 1. The van der Waals surface area contributed by atoms with Gasteiger partial charge in [0.1, 0.15) is 23.7 Å². The van der Waals surface area contributed by atoms with E-state index in [1.54, 1.807) is 11.8 Å². The van der Waals surface area contributed by atoms with Crippen molar-refractivity contribution in [2.45, 2.75) is 60.8 Å². The molecule has 4 aromatic carbocycles. The van der Waals surface area contributed by atoms with Crippen LogP contribution in [0.15, 0.2) is 126 Å². The molecule has 0 aliphatic carbocycles. The third-order valence-electron chi connectivity index (χ3n) is 6.94. The number of ether oxygens (including phenoxy) is 3. The van der Waals surface area contributed by atoms with E-state index in [1.807, 2.05) is 121 Å². The smallest absolute Gasteiger partial charge is 0.162 e. The van der Waals surface area contributed by atoms with Gasteiger partial charge in [0.05, 0.1) is 19.3 Å². The quantitative estimate of drug-likeness (QED) is 0.197. The summed E-state index contributed by atoms with van der Waals surface area (Å²) in [4.78, 5) is 13.9. The molecule has 40 heavy (non-hydrogen) atoms. The molecule has 5 rings (SSSR count). The van der Waals surface area contributed by atoms with E-state index in [-0.39, 0.29) is 12.2 Å². The van der Waals surface area contributed by atoms with E-state index in [4.69, 9.17) is 14.2 Å². The molecule has 0 unspecified atom stereocenters. The highest BCUT2D eigenvalue weighted by Gasteiger charge is 2.47. The van der Waals surface area contributed by atoms with Gasteiger partial charge < -0.3 is 19.3 Å². The van der Waals surface area contributed by atoms with E-state index in [0.29, 0.717) is 25.2 Å². The minimum Gasteiger partial charge on any atom is -0.388 e. The lowest BCUT2D eigenvalue weighted by molar-refractivity contribution is -0.232. The zero-order valence-corrected chi connectivity index (χ0v) is 23.1. The molecule has 1 N–H and O–H groups in total. The van der Waals surface area contributed by atoms with Crippen molar-refractivity contribution in [2.75, 3.05) is 0 Å². The summed E-state index contributed by atoms with van der Waals surface area (Å²) in [5.41, 5.74) is 2.24. The molecule has 5 nitrogen and oxygen atoms in total. The van der Waals surface area contributed by atoms with Gasteiger partial charge in [-0.1, -0.05) is 121 Å². The first kappa shape index (κ1) is 28.3. The number of rotatable bonds is 12. The summed E-state index contributed by atoms with van der Waals surface area (Å²) in [6, 6.07) is 39.1. The fourth-order valence-corrected chi connectivity index (χ4v) is 5.95. The van der Waals surface area contributed by atoms with Crippen molar-refractivity contribution in [1.82, 2.24) is 0 Å². The zero-order chi connectivity index (χ0) is 27.6. The van der Waals surface area contributed by atoms with Crippen molar-refractivity contribution in [3.63, 3.8) is 0 Å². The number of ketones is 1. The summed E-state index contributed by atoms with van der Waals surface area (Å²) in [7, 11) is 0. The molecule has 0 bridgehead atoms. The molecule has 206 valence electrons. The third-order valence-corrected chi connectivity index (χ3v) is 8.09. The molecule has 5 atom stereocenters. The average molecular weight is 555 g/mol. The highest BCUT2D eigenvalue weighted by Crippen LogP contribution is 2.38. The van der Waals surface area contributed by atoms with Crippen LogP contribution in [0.3, 0.4) is 0 Å². The van der Waals surface area contributed by atoms with E-state index in [2.05, 4.69) is 0 Å². The van der Waals surface area contributed by atoms with Crippen LogP contribution in [0.2, 0.25) is 0 Å². The molecule has 1 heterocycles. The molecular weight excluding hydrogens is 520 g/mol. The molecular formula is C34H34O5S. The second kappa shape index (κ2) is 14.4. The first-order valence-corrected chi connectivity index (χ1v) is 14.5. The van der Waals surface area contributed by atoms with Crippen LogP contribution in [0.1, 0.15) is 34.3 Å². The summed E-state index contributed by atoms with van der Waals surface area (Å²) in [5, 5.41) is 11.6. The van der Waals surface area contributed by atoms with Crippen molar-refractivity contribution in [3.05, 3.63) is 138 Å². The minimum absolute atomic E-state index is 0.0212. The van der Waals surface area contributed by atoms with Gasteiger partial charge in [-0.3, -0.25) is 4.79 Å². The van der Waals surface area contributed by atoms with E-state index >= 15 is 0 Å². The van der Waals surface area contributed by atoms with Crippen LogP contribution in [0.25, 0.3) is 0 Å². The number of carbonyl (C=O) groups is 1. The minimum atomic E-state index is -0.972. The second-order valence-corrected chi connectivity index (χ2v) is 11.0. The molecule has 4 aromatic rings. The van der Waals surface area contributed by atoms with Crippen molar-refractivity contribution < 1.29 is 24.1 Å². The monoisotopic (exact) mass is 554 g/mol. The van der Waals surface area contributed by atoms with Crippen molar-refractivity contribution in [2.24, 2.45) is 0 Å². The van der Waals surface area contributed by atoms with Gasteiger partial charge in [0.25, 0.3) is 0 Å². The van der Waals surface area contributed by atoms with Gasteiger partial charge in [0.2, 0.25) is 0 Å². The van der Waals surface area contributed by atoms with Crippen LogP contribution in [-0.2, 0) is 27.4 Å². The number of hydrogen-bond acceptors (Lipinski definition) is 6. The predicted molar refractivity (Wildman–Crippen MR) is 157 cm³/mol. The lowest BCUT2D eigenvalue weighted by atomic mass is 9.94. The number of benzene rings is 4. The molecule has 0 radical (unpaired) electrons. The zero-order valence-electron chi connectivity index (χ0n) is 22.3. The molecule has 1 aliphatic heterocycles. The Bertz CT molecular complexity index is 1300. The first-order chi connectivity index (χ1) is 19.7. The molecule has 0 amide bonds. The lowest BCUT2D eigenvalue weighted by Gasteiger charge is -2.44. The van der Waals surface area contributed by atoms with Gasteiger partial charge >= 0.3 is 0 Å². The fraction of sp³-hybridized carbons (Fsp3) is 0.265. The Kier molecular flexibility index (Phi) is 10.2. The molecule has 0 saturated carbocycles. The Morgan fingerprint density at radius 2 is 1.20 bits per heavy atom. The Balaban J connectivity index is 1.38. The van der Waals surface area contributed by atoms with E-state index in [0.717, 1.165) is 16.0 Å². The average Bonchev–Trinajstić information content (AvgIpc) is 3.01. The van der Waals surface area contributed by atoms with Gasteiger partial charge in [0, 0.05) is 16.9 Å². The fourth-order valence-electron chi connectivity index (χ4n) is 4.80. The molecule has 0 aromatic heterocycles. The van der Waals surface area contributed by atoms with Crippen LogP contribution in [-0.4, -0.2) is 40.7 Å². The standard InChI is InChI=1S/C34H34O5S/c35-29(27-17-9-3-10-18-27)21-22-30-31(36)32(37-23-25-13-5-1-6-14-25)33(38-24-26-15-7-2-8-16-26)34(39-30)40-28-19-11-4-12-20-28/h1-20,30-34,36H,21-24H2/t30-,31-,32+,33+,34-/m1/s1. The third kappa shape index (κ3) is 7.68. The Morgan fingerprint density at radius 1 is 0.700 bits per heavy atom.